The minimum absolute atomic E-state index is 0.0465. The van der Waals surface area contributed by atoms with Crippen LogP contribution in [-0.2, 0) is 21.8 Å². The Balaban J connectivity index is 1.90. The lowest BCUT2D eigenvalue weighted by Crippen LogP contribution is -2.36. The number of nitrogens with zero attached hydrogens (tertiary/aromatic N) is 2. The van der Waals surface area contributed by atoms with Crippen LogP contribution in [0.4, 0.5) is 13.2 Å². The van der Waals surface area contributed by atoms with E-state index in [-0.39, 0.29) is 29.3 Å². The number of carbonyl (C=O) groups excluding carboxylic acids is 1. The van der Waals surface area contributed by atoms with E-state index in [1.165, 1.54) is 24.3 Å². The zero-order chi connectivity index (χ0) is 28.5. The molecule has 2 unspecified atom stereocenters. The Morgan fingerprint density at radius 2 is 1.76 bits per heavy atom. The van der Waals surface area contributed by atoms with Crippen LogP contribution >= 0.6 is 0 Å². The fourth-order valence-corrected chi connectivity index (χ4v) is 6.06. The topological polar surface area (TPSA) is 101 Å². The van der Waals surface area contributed by atoms with Crippen molar-refractivity contribution in [3.63, 3.8) is 0 Å². The van der Waals surface area contributed by atoms with Gasteiger partial charge in [-0.1, -0.05) is 52.7 Å². The number of aromatic nitrogens is 2. The third-order valence-electron chi connectivity index (χ3n) is 7.36. The van der Waals surface area contributed by atoms with Crippen LogP contribution in [0.2, 0.25) is 0 Å². The van der Waals surface area contributed by atoms with E-state index in [0.717, 1.165) is 6.42 Å². The number of aliphatic hydroxyl groups is 1. The predicted octanol–water partition coefficient (Wildman–Crippen LogP) is 5.11. The first-order valence-corrected chi connectivity index (χ1v) is 14.6. The Labute approximate surface area is 222 Å². The second kappa shape index (κ2) is 11.4. The van der Waals surface area contributed by atoms with E-state index >= 15 is 0 Å². The summed E-state index contributed by atoms with van der Waals surface area (Å²) in [7, 11) is -3.39. The molecule has 0 bridgehead atoms. The van der Waals surface area contributed by atoms with E-state index in [4.69, 9.17) is 0 Å². The van der Waals surface area contributed by atoms with Gasteiger partial charge < -0.3 is 15.0 Å². The van der Waals surface area contributed by atoms with E-state index in [0.29, 0.717) is 29.9 Å². The smallest absolute Gasteiger partial charge is 0.392 e. The molecule has 1 heterocycles. The van der Waals surface area contributed by atoms with Crippen LogP contribution in [0.15, 0.2) is 29.2 Å². The molecule has 7 nitrogen and oxygen atoms in total. The number of halogens is 3. The molecule has 1 aromatic carbocycles. The van der Waals surface area contributed by atoms with Crippen LogP contribution in [0, 0.1) is 18.8 Å². The first-order chi connectivity index (χ1) is 17.6. The van der Waals surface area contributed by atoms with Crippen LogP contribution in [0.3, 0.4) is 0 Å². The number of hydrogen-bond donors (Lipinski definition) is 2. The zero-order valence-electron chi connectivity index (χ0n) is 22.6. The van der Waals surface area contributed by atoms with Gasteiger partial charge in [-0.2, -0.15) is 13.2 Å². The number of amides is 1. The molecule has 1 aromatic heterocycles. The first kappa shape index (κ1) is 30.1. The molecule has 1 amide bonds. The number of imidazole rings is 1. The molecule has 11 heteroatoms. The Kier molecular flexibility index (Phi) is 9.02. The van der Waals surface area contributed by atoms with Crippen molar-refractivity contribution in [2.24, 2.45) is 11.8 Å². The zero-order valence-corrected chi connectivity index (χ0v) is 23.4. The van der Waals surface area contributed by atoms with Crippen molar-refractivity contribution in [2.75, 3.05) is 12.4 Å². The maximum atomic E-state index is 13.8. The van der Waals surface area contributed by atoms with Gasteiger partial charge in [-0.25, -0.2) is 13.4 Å². The molecular weight excluding hydrogens is 519 g/mol. The van der Waals surface area contributed by atoms with Gasteiger partial charge >= 0.3 is 6.18 Å². The van der Waals surface area contributed by atoms with Gasteiger partial charge in [0.2, 0.25) is 0 Å². The predicted molar refractivity (Wildman–Crippen MR) is 139 cm³/mol. The highest BCUT2D eigenvalue weighted by atomic mass is 32.2. The maximum absolute atomic E-state index is 13.8. The molecule has 0 saturated heterocycles. The number of sulfone groups is 1. The van der Waals surface area contributed by atoms with Crippen LogP contribution in [0.5, 0.6) is 0 Å². The molecule has 38 heavy (non-hydrogen) atoms. The minimum Gasteiger partial charge on any atom is -0.394 e. The molecular formula is C27H38F3N3O4S. The Bertz CT molecular complexity index is 1230. The second-order valence-electron chi connectivity index (χ2n) is 11.1. The fourth-order valence-electron chi connectivity index (χ4n) is 5.17. The number of aliphatic hydroxyl groups excluding tert-OH is 1. The molecule has 2 N–H and O–H groups in total. The SMILES string of the molecule is CCS(=O)(=O)c1ccc([C@H](CO)NC(=O)c2nc(C(C)(C)C)n(CC3CCCCC3C(F)(F)F)c2C)cc1. The van der Waals surface area contributed by atoms with Crippen molar-refractivity contribution in [1.29, 1.82) is 0 Å². The Morgan fingerprint density at radius 3 is 2.29 bits per heavy atom. The van der Waals surface area contributed by atoms with Crippen molar-refractivity contribution in [3.05, 3.63) is 47.0 Å². The summed E-state index contributed by atoms with van der Waals surface area (Å²) in [6.45, 7) is 8.62. The van der Waals surface area contributed by atoms with E-state index in [9.17, 15) is 31.5 Å². The summed E-state index contributed by atoms with van der Waals surface area (Å²) in [4.78, 5) is 18.0. The number of nitrogens with one attached hydrogen (secondary N) is 1. The summed E-state index contributed by atoms with van der Waals surface area (Å²) in [5.41, 5.74) is 0.556. The minimum atomic E-state index is -4.28. The molecule has 0 spiro atoms. The van der Waals surface area contributed by atoms with Gasteiger partial charge in [0.25, 0.3) is 5.91 Å². The Hall–Kier alpha value is -2.40. The van der Waals surface area contributed by atoms with Gasteiger partial charge in [-0.15, -0.1) is 0 Å². The van der Waals surface area contributed by atoms with Gasteiger partial charge in [-0.05, 0) is 43.4 Å². The van der Waals surface area contributed by atoms with Crippen LogP contribution < -0.4 is 5.32 Å². The average Bonchev–Trinajstić information content (AvgIpc) is 3.18. The van der Waals surface area contributed by atoms with Crippen LogP contribution in [0.1, 0.15) is 87.0 Å². The number of hydrogen-bond acceptors (Lipinski definition) is 5. The van der Waals surface area contributed by atoms with Crippen molar-refractivity contribution in [1.82, 2.24) is 14.9 Å². The summed E-state index contributed by atoms with van der Waals surface area (Å²) in [6.07, 6.45) is -2.42. The largest absolute Gasteiger partial charge is 0.394 e. The normalized spacial score (nSPS) is 19.8. The summed E-state index contributed by atoms with van der Waals surface area (Å²) in [5, 5.41) is 12.7. The van der Waals surface area contributed by atoms with E-state index in [2.05, 4.69) is 10.3 Å². The highest BCUT2D eigenvalue weighted by molar-refractivity contribution is 7.91. The number of rotatable bonds is 8. The molecule has 2 aromatic rings. The molecule has 3 atom stereocenters. The van der Waals surface area contributed by atoms with Crippen molar-refractivity contribution < 1.29 is 31.5 Å². The van der Waals surface area contributed by atoms with E-state index in [1.54, 1.807) is 18.4 Å². The van der Waals surface area contributed by atoms with E-state index < -0.39 is 51.8 Å². The molecule has 1 aliphatic rings. The highest BCUT2D eigenvalue weighted by Gasteiger charge is 2.46. The van der Waals surface area contributed by atoms with Gasteiger partial charge in [0.05, 0.1) is 29.2 Å². The summed E-state index contributed by atoms with van der Waals surface area (Å²) >= 11 is 0. The lowest BCUT2D eigenvalue weighted by molar-refractivity contribution is -0.197. The first-order valence-electron chi connectivity index (χ1n) is 13.0. The second-order valence-corrected chi connectivity index (χ2v) is 13.4. The lowest BCUT2D eigenvalue weighted by atomic mass is 9.78. The number of alkyl halides is 3. The van der Waals surface area contributed by atoms with E-state index in [1.807, 2.05) is 20.8 Å². The Morgan fingerprint density at radius 1 is 1.16 bits per heavy atom. The quantitative estimate of drug-likeness (QED) is 0.470. The average molecular weight is 558 g/mol. The van der Waals surface area contributed by atoms with Gasteiger partial charge in [0.15, 0.2) is 9.84 Å². The highest BCUT2D eigenvalue weighted by Crippen LogP contribution is 2.43. The fraction of sp³-hybridized carbons (Fsp3) is 0.630. The van der Waals surface area contributed by atoms with Crippen LogP contribution in [0.25, 0.3) is 0 Å². The lowest BCUT2D eigenvalue weighted by Gasteiger charge is -2.34. The van der Waals surface area contributed by atoms with Crippen molar-refractivity contribution >= 4 is 15.7 Å². The molecule has 212 valence electrons. The third-order valence-corrected chi connectivity index (χ3v) is 9.11. The van der Waals surface area contributed by atoms with Crippen LogP contribution in [-0.4, -0.2) is 47.5 Å². The molecule has 1 fully saturated rings. The molecule has 1 aliphatic carbocycles. The van der Waals surface area contributed by atoms with Crippen molar-refractivity contribution in [2.45, 2.75) is 89.4 Å². The third kappa shape index (κ3) is 6.59. The number of carbonyl (C=O) groups is 1. The van der Waals surface area contributed by atoms with Gasteiger partial charge in [-0.3, -0.25) is 4.79 Å². The standard InChI is InChI=1S/C27H38F3N3O4S/c1-6-38(36,37)20-13-11-18(12-14-20)22(16-34)31-24(35)23-17(2)33(25(32-23)26(3,4)5)15-19-9-7-8-10-21(19)27(28,29)30/h11-14,19,21-22,34H,6-10,15-16H2,1-5H3,(H,31,35)/t19?,21?,22-/m0/s1. The summed E-state index contributed by atoms with van der Waals surface area (Å²) in [6, 6.07) is 5.12. The summed E-state index contributed by atoms with van der Waals surface area (Å²) in [5.74, 6) is -2.07. The molecule has 1 saturated carbocycles. The molecule has 0 aliphatic heterocycles. The number of benzene rings is 1. The van der Waals surface area contributed by atoms with Gasteiger partial charge in [0.1, 0.15) is 11.5 Å². The summed E-state index contributed by atoms with van der Waals surface area (Å²) < 4.78 is 67.2. The van der Waals surface area contributed by atoms with Crippen molar-refractivity contribution in [3.8, 4) is 0 Å². The molecule has 3 rings (SSSR count). The van der Waals surface area contributed by atoms with Gasteiger partial charge in [0, 0.05) is 17.7 Å². The molecule has 0 radical (unpaired) electrons. The monoisotopic (exact) mass is 557 g/mol. The maximum Gasteiger partial charge on any atom is 0.392 e.